The van der Waals surface area contributed by atoms with Gasteiger partial charge in [-0.25, -0.2) is 0 Å². The smallest absolute Gasteiger partial charge is 0.0995 e. The van der Waals surface area contributed by atoms with Gasteiger partial charge < -0.3 is 0 Å². The first-order valence-electron chi connectivity index (χ1n) is 7.26. The molecular weight excluding hydrogens is 260 g/mol. The number of rotatable bonds is 6. The zero-order valence-corrected chi connectivity index (χ0v) is 13.0. The summed E-state index contributed by atoms with van der Waals surface area (Å²) < 4.78 is 1.83. The van der Waals surface area contributed by atoms with Crippen LogP contribution in [0.3, 0.4) is 0 Å². The Hall–Kier alpha value is -2.12. The van der Waals surface area contributed by atoms with Crippen molar-refractivity contribution in [1.82, 2.24) is 14.7 Å². The molecule has 0 saturated carbocycles. The van der Waals surface area contributed by atoms with Crippen LogP contribution in [0.5, 0.6) is 0 Å². The Morgan fingerprint density at radius 2 is 2.05 bits per heavy atom. The van der Waals surface area contributed by atoms with Gasteiger partial charge in [0.25, 0.3) is 0 Å². The average molecular weight is 282 g/mol. The van der Waals surface area contributed by atoms with E-state index in [2.05, 4.69) is 29.9 Å². The highest BCUT2D eigenvalue weighted by Crippen LogP contribution is 2.14. The van der Waals surface area contributed by atoms with Crippen LogP contribution >= 0.6 is 0 Å². The van der Waals surface area contributed by atoms with Crippen molar-refractivity contribution >= 4 is 0 Å². The van der Waals surface area contributed by atoms with Crippen molar-refractivity contribution in [3.8, 4) is 6.07 Å². The van der Waals surface area contributed by atoms with Gasteiger partial charge in [0.15, 0.2) is 0 Å². The van der Waals surface area contributed by atoms with Crippen LogP contribution in [0.15, 0.2) is 36.7 Å². The molecule has 0 aliphatic heterocycles. The lowest BCUT2D eigenvalue weighted by molar-refractivity contribution is 0.227. The van der Waals surface area contributed by atoms with Crippen LogP contribution in [0.1, 0.15) is 30.5 Å². The normalized spacial score (nSPS) is 11.0. The zero-order valence-electron chi connectivity index (χ0n) is 13.0. The van der Waals surface area contributed by atoms with Crippen molar-refractivity contribution in [1.29, 1.82) is 5.26 Å². The quantitative estimate of drug-likeness (QED) is 0.818. The molecule has 0 aliphatic carbocycles. The topological polar surface area (TPSA) is 44.9 Å². The fourth-order valence-electron chi connectivity index (χ4n) is 2.52. The maximum Gasteiger partial charge on any atom is 0.0995 e. The Kier molecular flexibility index (Phi) is 5.13. The van der Waals surface area contributed by atoms with Crippen molar-refractivity contribution in [2.24, 2.45) is 13.0 Å². The fraction of sp³-hybridized carbons (Fsp3) is 0.412. The molecule has 1 aromatic heterocycles. The highest BCUT2D eigenvalue weighted by Gasteiger charge is 2.12. The number of benzene rings is 1. The molecule has 0 atom stereocenters. The maximum atomic E-state index is 9.22. The third-order valence-electron chi connectivity index (χ3n) is 3.32. The van der Waals surface area contributed by atoms with Crippen LogP contribution in [-0.4, -0.2) is 21.2 Å². The summed E-state index contributed by atoms with van der Waals surface area (Å²) in [5, 5.41) is 13.5. The standard InChI is InChI=1S/C17H22N4/c1-14(2)10-21(12-15-9-19-20(3)11-15)13-17-7-5-4-6-16(17)8-18/h4-7,9,11,14H,10,12-13H2,1-3H3. The summed E-state index contributed by atoms with van der Waals surface area (Å²) in [6.45, 7) is 7.07. The van der Waals surface area contributed by atoms with E-state index in [0.29, 0.717) is 5.92 Å². The second-order valence-electron chi connectivity index (χ2n) is 5.85. The number of hydrogen-bond acceptors (Lipinski definition) is 3. The Bertz CT molecular complexity index is 622. The van der Waals surface area contributed by atoms with Gasteiger partial charge in [0.2, 0.25) is 0 Å². The van der Waals surface area contributed by atoms with E-state index in [1.807, 2.05) is 48.4 Å². The molecule has 2 aromatic rings. The molecule has 0 unspecified atom stereocenters. The summed E-state index contributed by atoms with van der Waals surface area (Å²) in [5.41, 5.74) is 3.05. The van der Waals surface area contributed by atoms with Crippen molar-refractivity contribution in [3.63, 3.8) is 0 Å². The lowest BCUT2D eigenvalue weighted by Crippen LogP contribution is -2.27. The van der Waals surface area contributed by atoms with Crippen LogP contribution in [0.25, 0.3) is 0 Å². The summed E-state index contributed by atoms with van der Waals surface area (Å²) >= 11 is 0. The zero-order chi connectivity index (χ0) is 15.2. The summed E-state index contributed by atoms with van der Waals surface area (Å²) in [7, 11) is 1.93. The van der Waals surface area contributed by atoms with Crippen LogP contribution in [0, 0.1) is 17.2 Å². The van der Waals surface area contributed by atoms with Crippen LogP contribution in [0.2, 0.25) is 0 Å². The van der Waals surface area contributed by atoms with Gasteiger partial charge >= 0.3 is 0 Å². The highest BCUT2D eigenvalue weighted by atomic mass is 15.2. The van der Waals surface area contributed by atoms with Gasteiger partial charge in [-0.15, -0.1) is 0 Å². The molecule has 1 heterocycles. The SMILES string of the molecule is CC(C)CN(Cc1cnn(C)c1)Cc1ccccc1C#N. The van der Waals surface area contributed by atoms with Gasteiger partial charge in [-0.2, -0.15) is 10.4 Å². The molecule has 0 radical (unpaired) electrons. The van der Waals surface area contributed by atoms with Crippen molar-refractivity contribution in [2.45, 2.75) is 26.9 Å². The van der Waals surface area contributed by atoms with Crippen LogP contribution < -0.4 is 0 Å². The predicted octanol–water partition coefficient (Wildman–Crippen LogP) is 2.95. The Labute approximate surface area is 126 Å². The number of aromatic nitrogens is 2. The van der Waals surface area contributed by atoms with E-state index in [-0.39, 0.29) is 0 Å². The fourth-order valence-corrected chi connectivity index (χ4v) is 2.52. The van der Waals surface area contributed by atoms with E-state index >= 15 is 0 Å². The molecule has 21 heavy (non-hydrogen) atoms. The molecule has 0 aliphatic rings. The van der Waals surface area contributed by atoms with Crippen LogP contribution in [-0.2, 0) is 20.1 Å². The third kappa shape index (κ3) is 4.44. The summed E-state index contributed by atoms with van der Waals surface area (Å²) in [4.78, 5) is 2.37. The molecule has 110 valence electrons. The van der Waals surface area contributed by atoms with Crippen LogP contribution in [0.4, 0.5) is 0 Å². The van der Waals surface area contributed by atoms with E-state index in [1.165, 1.54) is 5.56 Å². The van der Waals surface area contributed by atoms with Gasteiger partial charge in [0.05, 0.1) is 17.8 Å². The van der Waals surface area contributed by atoms with Crippen molar-refractivity contribution < 1.29 is 0 Å². The van der Waals surface area contributed by atoms with Gasteiger partial charge in [-0.05, 0) is 17.5 Å². The molecule has 4 heteroatoms. The average Bonchev–Trinajstić information content (AvgIpc) is 2.84. The predicted molar refractivity (Wildman–Crippen MR) is 83.3 cm³/mol. The molecule has 0 bridgehead atoms. The van der Waals surface area contributed by atoms with E-state index in [1.54, 1.807) is 0 Å². The largest absolute Gasteiger partial charge is 0.294 e. The third-order valence-corrected chi connectivity index (χ3v) is 3.32. The molecule has 0 spiro atoms. The lowest BCUT2D eigenvalue weighted by atomic mass is 10.1. The van der Waals surface area contributed by atoms with Gasteiger partial charge in [0.1, 0.15) is 0 Å². The first kappa shape index (κ1) is 15.3. The minimum Gasteiger partial charge on any atom is -0.294 e. The summed E-state index contributed by atoms with van der Waals surface area (Å²) in [6, 6.07) is 10.1. The molecule has 0 N–H and O–H groups in total. The Balaban J connectivity index is 2.14. The molecule has 1 aromatic carbocycles. The van der Waals surface area contributed by atoms with E-state index < -0.39 is 0 Å². The Morgan fingerprint density at radius 1 is 1.29 bits per heavy atom. The van der Waals surface area contributed by atoms with E-state index in [0.717, 1.165) is 30.8 Å². The first-order valence-corrected chi connectivity index (χ1v) is 7.26. The van der Waals surface area contributed by atoms with Gasteiger partial charge in [0, 0.05) is 38.4 Å². The van der Waals surface area contributed by atoms with Crippen molar-refractivity contribution in [3.05, 3.63) is 53.3 Å². The number of nitrogens with zero attached hydrogens (tertiary/aromatic N) is 4. The van der Waals surface area contributed by atoms with E-state index in [4.69, 9.17) is 0 Å². The summed E-state index contributed by atoms with van der Waals surface area (Å²) in [6.07, 6.45) is 3.95. The van der Waals surface area contributed by atoms with E-state index in [9.17, 15) is 5.26 Å². The number of aryl methyl sites for hydroxylation is 1. The number of nitriles is 1. The minimum atomic E-state index is 0.580. The molecule has 0 saturated heterocycles. The minimum absolute atomic E-state index is 0.580. The number of hydrogen-bond donors (Lipinski definition) is 0. The molecule has 0 amide bonds. The van der Waals surface area contributed by atoms with Gasteiger partial charge in [-0.3, -0.25) is 9.58 Å². The monoisotopic (exact) mass is 282 g/mol. The second-order valence-corrected chi connectivity index (χ2v) is 5.85. The Morgan fingerprint density at radius 3 is 2.67 bits per heavy atom. The maximum absolute atomic E-state index is 9.22. The second kappa shape index (κ2) is 7.05. The van der Waals surface area contributed by atoms with Crippen molar-refractivity contribution in [2.75, 3.05) is 6.54 Å². The highest BCUT2D eigenvalue weighted by molar-refractivity contribution is 5.37. The molecular formula is C17H22N4. The van der Waals surface area contributed by atoms with Gasteiger partial charge in [-0.1, -0.05) is 32.0 Å². The summed E-state index contributed by atoms with van der Waals surface area (Å²) in [5.74, 6) is 0.580. The first-order chi connectivity index (χ1) is 10.1. The molecule has 0 fully saturated rings. The lowest BCUT2D eigenvalue weighted by Gasteiger charge is -2.24. The molecule has 4 nitrogen and oxygen atoms in total. The molecule has 2 rings (SSSR count).